The summed E-state index contributed by atoms with van der Waals surface area (Å²) >= 11 is 3.49. The Morgan fingerprint density at radius 3 is 2.53 bits per heavy atom. The van der Waals surface area contributed by atoms with Gasteiger partial charge in [0.15, 0.2) is 0 Å². The number of hydrogen-bond donors (Lipinski definition) is 1. The van der Waals surface area contributed by atoms with E-state index in [-0.39, 0.29) is 0 Å². The summed E-state index contributed by atoms with van der Waals surface area (Å²) in [6.45, 7) is 4.15. The lowest BCUT2D eigenvalue weighted by molar-refractivity contribution is -0.148. The second kappa shape index (κ2) is 5.65. The van der Waals surface area contributed by atoms with Crippen LogP contribution in [-0.4, -0.2) is 35.1 Å². The van der Waals surface area contributed by atoms with Gasteiger partial charge in [0.05, 0.1) is 0 Å². The topological polar surface area (TPSA) is 40.5 Å². The van der Waals surface area contributed by atoms with Gasteiger partial charge in [-0.1, -0.05) is 34.1 Å². The van der Waals surface area contributed by atoms with E-state index in [1.807, 2.05) is 36.2 Å². The monoisotopic (exact) mass is 299 g/mol. The molecule has 0 aromatic heterocycles. The van der Waals surface area contributed by atoms with Crippen molar-refractivity contribution in [2.45, 2.75) is 25.8 Å². The first-order valence-corrected chi connectivity index (χ1v) is 6.33. The van der Waals surface area contributed by atoms with E-state index in [0.717, 1.165) is 10.9 Å². The smallest absolute Gasteiger partial charge is 0.323 e. The Bertz CT molecular complexity index is 404. The first-order valence-electron chi connectivity index (χ1n) is 5.53. The van der Waals surface area contributed by atoms with Crippen molar-refractivity contribution in [1.29, 1.82) is 0 Å². The van der Waals surface area contributed by atoms with Crippen molar-refractivity contribution in [1.82, 2.24) is 4.90 Å². The number of carbonyl (C=O) groups is 1. The highest BCUT2D eigenvalue weighted by molar-refractivity contribution is 9.10. The molecule has 0 amide bonds. The molecule has 0 radical (unpaired) electrons. The third kappa shape index (κ3) is 3.54. The second-order valence-electron chi connectivity index (χ2n) is 4.63. The minimum absolute atomic E-state index is 0.710. The van der Waals surface area contributed by atoms with Crippen LogP contribution in [0, 0.1) is 0 Å². The zero-order chi connectivity index (χ0) is 13.1. The molecule has 17 heavy (non-hydrogen) atoms. The molecule has 1 aromatic carbocycles. The van der Waals surface area contributed by atoms with Crippen molar-refractivity contribution >= 4 is 21.9 Å². The fourth-order valence-corrected chi connectivity index (χ4v) is 1.92. The first kappa shape index (κ1) is 14.2. The number of benzene rings is 1. The van der Waals surface area contributed by atoms with E-state index < -0.39 is 11.5 Å². The molecule has 0 saturated heterocycles. The SMILES string of the molecule is CN(CCc1ccccc1Br)C(C)(C)C(=O)O. The number of rotatable bonds is 5. The lowest BCUT2D eigenvalue weighted by atomic mass is 10.0. The van der Waals surface area contributed by atoms with Crippen LogP contribution in [0.1, 0.15) is 19.4 Å². The predicted molar refractivity (Wildman–Crippen MR) is 72.2 cm³/mol. The quantitative estimate of drug-likeness (QED) is 0.909. The maximum absolute atomic E-state index is 11.1. The van der Waals surface area contributed by atoms with Gasteiger partial charge in [0, 0.05) is 11.0 Å². The van der Waals surface area contributed by atoms with Gasteiger partial charge in [-0.2, -0.15) is 0 Å². The molecule has 1 rings (SSSR count). The Morgan fingerprint density at radius 1 is 1.41 bits per heavy atom. The Hall–Kier alpha value is -0.870. The van der Waals surface area contributed by atoms with E-state index in [2.05, 4.69) is 15.9 Å². The van der Waals surface area contributed by atoms with Crippen molar-refractivity contribution in [2.75, 3.05) is 13.6 Å². The van der Waals surface area contributed by atoms with Gasteiger partial charge in [-0.25, -0.2) is 0 Å². The number of halogens is 1. The summed E-state index contributed by atoms with van der Waals surface area (Å²) in [5.41, 5.74) is 0.363. The van der Waals surface area contributed by atoms with E-state index in [4.69, 9.17) is 5.11 Å². The van der Waals surface area contributed by atoms with Crippen LogP contribution in [0.5, 0.6) is 0 Å². The standard InChI is InChI=1S/C13H18BrNO2/c1-13(2,12(16)17)15(3)9-8-10-6-4-5-7-11(10)14/h4-7H,8-9H2,1-3H3,(H,16,17). The maximum atomic E-state index is 11.1. The third-order valence-electron chi connectivity index (χ3n) is 3.15. The van der Waals surface area contributed by atoms with E-state index in [1.165, 1.54) is 5.56 Å². The van der Waals surface area contributed by atoms with Gasteiger partial charge in [-0.15, -0.1) is 0 Å². The molecule has 0 heterocycles. The largest absolute Gasteiger partial charge is 0.480 e. The summed E-state index contributed by atoms with van der Waals surface area (Å²) in [6.07, 6.45) is 0.828. The molecular formula is C13H18BrNO2. The maximum Gasteiger partial charge on any atom is 0.323 e. The summed E-state index contributed by atoms with van der Waals surface area (Å²) in [5.74, 6) is -0.799. The Morgan fingerprint density at radius 2 is 2.00 bits per heavy atom. The third-order valence-corrected chi connectivity index (χ3v) is 3.93. The molecule has 1 N–H and O–H groups in total. The highest BCUT2D eigenvalue weighted by Gasteiger charge is 2.31. The Balaban J connectivity index is 2.63. The molecule has 0 atom stereocenters. The minimum Gasteiger partial charge on any atom is -0.480 e. The molecule has 0 spiro atoms. The van der Waals surface area contributed by atoms with Gasteiger partial charge in [-0.3, -0.25) is 9.69 Å². The highest BCUT2D eigenvalue weighted by atomic mass is 79.9. The lowest BCUT2D eigenvalue weighted by Crippen LogP contribution is -2.48. The molecule has 3 nitrogen and oxygen atoms in total. The summed E-state index contributed by atoms with van der Waals surface area (Å²) in [4.78, 5) is 12.9. The number of hydrogen-bond acceptors (Lipinski definition) is 2. The molecular weight excluding hydrogens is 282 g/mol. The van der Waals surface area contributed by atoms with E-state index in [1.54, 1.807) is 13.8 Å². The predicted octanol–water partition coefficient (Wildman–Crippen LogP) is 2.79. The minimum atomic E-state index is -0.832. The average molecular weight is 300 g/mol. The van der Waals surface area contributed by atoms with Crippen LogP contribution in [0.2, 0.25) is 0 Å². The molecule has 0 aliphatic carbocycles. The lowest BCUT2D eigenvalue weighted by Gasteiger charge is -2.31. The Kier molecular flexibility index (Phi) is 4.71. The van der Waals surface area contributed by atoms with Crippen LogP contribution in [-0.2, 0) is 11.2 Å². The number of likely N-dealkylation sites (N-methyl/N-ethyl adjacent to an activating group) is 1. The first-order chi connectivity index (χ1) is 7.85. The summed E-state index contributed by atoms with van der Waals surface area (Å²) in [6, 6.07) is 8.00. The fraction of sp³-hybridized carbons (Fsp3) is 0.462. The van der Waals surface area contributed by atoms with Crippen molar-refractivity contribution < 1.29 is 9.90 Å². The van der Waals surface area contributed by atoms with Crippen molar-refractivity contribution in [3.63, 3.8) is 0 Å². The van der Waals surface area contributed by atoms with Crippen LogP contribution in [0.15, 0.2) is 28.7 Å². The van der Waals surface area contributed by atoms with Gasteiger partial charge >= 0.3 is 5.97 Å². The normalized spacial score (nSPS) is 11.8. The summed E-state index contributed by atoms with van der Waals surface area (Å²) < 4.78 is 1.07. The average Bonchev–Trinajstić information content (AvgIpc) is 2.27. The van der Waals surface area contributed by atoms with E-state index >= 15 is 0 Å². The molecule has 0 saturated carbocycles. The van der Waals surface area contributed by atoms with E-state index in [9.17, 15) is 4.79 Å². The molecule has 0 fully saturated rings. The van der Waals surface area contributed by atoms with Gasteiger partial charge in [0.25, 0.3) is 0 Å². The van der Waals surface area contributed by atoms with Crippen LogP contribution in [0.4, 0.5) is 0 Å². The molecule has 1 aromatic rings. The number of aliphatic carboxylic acids is 1. The summed E-state index contributed by atoms with van der Waals surface area (Å²) in [7, 11) is 1.84. The molecule has 0 aliphatic heterocycles. The number of carboxylic acids is 1. The van der Waals surface area contributed by atoms with Gasteiger partial charge in [-0.05, 0) is 38.9 Å². The van der Waals surface area contributed by atoms with Gasteiger partial charge < -0.3 is 5.11 Å². The van der Waals surface area contributed by atoms with Gasteiger partial charge in [0.2, 0.25) is 0 Å². The van der Waals surface area contributed by atoms with Crippen LogP contribution in [0.3, 0.4) is 0 Å². The Labute approximate surface area is 111 Å². The molecule has 0 aliphatic rings. The fourth-order valence-electron chi connectivity index (χ4n) is 1.43. The molecule has 4 heteroatoms. The van der Waals surface area contributed by atoms with Crippen LogP contribution >= 0.6 is 15.9 Å². The molecule has 94 valence electrons. The highest BCUT2D eigenvalue weighted by Crippen LogP contribution is 2.18. The van der Waals surface area contributed by atoms with E-state index in [0.29, 0.717) is 6.54 Å². The molecule has 0 bridgehead atoms. The number of carboxylic acid groups (broad SMARTS) is 1. The van der Waals surface area contributed by atoms with Crippen LogP contribution in [0.25, 0.3) is 0 Å². The summed E-state index contributed by atoms with van der Waals surface area (Å²) in [5, 5.41) is 9.11. The van der Waals surface area contributed by atoms with Crippen molar-refractivity contribution in [3.8, 4) is 0 Å². The van der Waals surface area contributed by atoms with Crippen molar-refractivity contribution in [3.05, 3.63) is 34.3 Å². The number of nitrogens with zero attached hydrogens (tertiary/aromatic N) is 1. The molecule has 0 unspecified atom stereocenters. The van der Waals surface area contributed by atoms with Crippen molar-refractivity contribution in [2.24, 2.45) is 0 Å². The van der Waals surface area contributed by atoms with Gasteiger partial charge in [0.1, 0.15) is 5.54 Å². The van der Waals surface area contributed by atoms with Crippen LogP contribution < -0.4 is 0 Å². The zero-order valence-corrected chi connectivity index (χ0v) is 12.0. The zero-order valence-electron chi connectivity index (χ0n) is 10.4. The second-order valence-corrected chi connectivity index (χ2v) is 5.48.